The zero-order valence-electron chi connectivity index (χ0n) is 13.5. The van der Waals surface area contributed by atoms with E-state index in [9.17, 15) is 9.59 Å². The van der Waals surface area contributed by atoms with E-state index in [-0.39, 0.29) is 18.2 Å². The Hall–Kier alpha value is -2.29. The van der Waals surface area contributed by atoms with Gasteiger partial charge in [-0.1, -0.05) is 23.7 Å². The van der Waals surface area contributed by atoms with Crippen LogP contribution in [-0.2, 0) is 16.0 Å². The van der Waals surface area contributed by atoms with E-state index >= 15 is 0 Å². The number of aromatic nitrogens is 2. The summed E-state index contributed by atoms with van der Waals surface area (Å²) in [4.78, 5) is 33.1. The van der Waals surface area contributed by atoms with Crippen LogP contribution in [0.25, 0.3) is 0 Å². The van der Waals surface area contributed by atoms with Gasteiger partial charge in [0.15, 0.2) is 10.3 Å². The van der Waals surface area contributed by atoms with Crippen LogP contribution in [-0.4, -0.2) is 21.8 Å². The number of anilines is 2. The molecule has 0 saturated carbocycles. The van der Waals surface area contributed by atoms with Crippen LogP contribution in [0.1, 0.15) is 12.0 Å². The summed E-state index contributed by atoms with van der Waals surface area (Å²) in [5.41, 5.74) is 0.927. The molecule has 0 aliphatic carbocycles. The molecule has 3 rings (SSSR count). The summed E-state index contributed by atoms with van der Waals surface area (Å²) >= 11 is 8.57. The summed E-state index contributed by atoms with van der Waals surface area (Å²) in [7, 11) is 0. The molecule has 2 aromatic heterocycles. The molecule has 0 bridgehead atoms. The second kappa shape index (κ2) is 8.88. The molecule has 0 radical (unpaired) electrons. The normalized spacial score (nSPS) is 11.7. The Bertz CT molecular complexity index is 852. The molecule has 1 atom stereocenters. The molecule has 0 aliphatic heterocycles. The van der Waals surface area contributed by atoms with E-state index in [1.165, 1.54) is 22.7 Å². The second-order valence-corrected chi connectivity index (χ2v) is 7.67. The monoisotopic (exact) mass is 406 g/mol. The highest BCUT2D eigenvalue weighted by atomic mass is 35.5. The van der Waals surface area contributed by atoms with Crippen LogP contribution in [0.15, 0.2) is 47.4 Å². The predicted octanol–water partition coefficient (Wildman–Crippen LogP) is 4.08. The molecule has 3 aromatic rings. The maximum atomic E-state index is 12.7. The zero-order valence-corrected chi connectivity index (χ0v) is 15.9. The van der Waals surface area contributed by atoms with Crippen LogP contribution in [0.3, 0.4) is 0 Å². The van der Waals surface area contributed by atoms with Crippen LogP contribution in [0.4, 0.5) is 10.3 Å². The minimum absolute atomic E-state index is 0.0411. The first-order chi connectivity index (χ1) is 12.6. The fraction of sp³-hybridized carbons (Fsp3) is 0.176. The molecule has 2 amide bonds. The number of nitrogens with zero attached hydrogens (tertiary/aromatic N) is 2. The van der Waals surface area contributed by atoms with Gasteiger partial charge in [0.2, 0.25) is 11.8 Å². The molecule has 0 spiro atoms. The van der Waals surface area contributed by atoms with Gasteiger partial charge in [-0.25, -0.2) is 9.97 Å². The fourth-order valence-electron chi connectivity index (χ4n) is 2.33. The van der Waals surface area contributed by atoms with Crippen LogP contribution in [0.2, 0.25) is 5.02 Å². The number of nitrogens with one attached hydrogen (secondary N) is 2. The van der Waals surface area contributed by atoms with Crippen LogP contribution >= 0.6 is 34.3 Å². The summed E-state index contributed by atoms with van der Waals surface area (Å²) in [6.07, 6.45) is 3.68. The van der Waals surface area contributed by atoms with E-state index in [1.54, 1.807) is 35.3 Å². The lowest BCUT2D eigenvalue weighted by atomic mass is 9.95. The van der Waals surface area contributed by atoms with Crippen molar-refractivity contribution >= 4 is 56.4 Å². The maximum Gasteiger partial charge on any atom is 0.230 e. The van der Waals surface area contributed by atoms with Crippen molar-refractivity contribution in [1.82, 2.24) is 9.97 Å². The average molecular weight is 407 g/mol. The van der Waals surface area contributed by atoms with Crippen molar-refractivity contribution in [1.29, 1.82) is 0 Å². The quantitative estimate of drug-likeness (QED) is 0.619. The Balaban J connectivity index is 1.70. The van der Waals surface area contributed by atoms with Gasteiger partial charge < -0.3 is 10.6 Å². The van der Waals surface area contributed by atoms with Crippen LogP contribution in [0, 0.1) is 5.92 Å². The van der Waals surface area contributed by atoms with Crippen LogP contribution < -0.4 is 10.6 Å². The van der Waals surface area contributed by atoms with Gasteiger partial charge in [0, 0.05) is 34.6 Å². The largest absolute Gasteiger partial charge is 0.302 e. The highest BCUT2D eigenvalue weighted by Gasteiger charge is 2.23. The minimum Gasteiger partial charge on any atom is -0.302 e. The molecule has 26 heavy (non-hydrogen) atoms. The zero-order chi connectivity index (χ0) is 18.4. The molecule has 9 heteroatoms. The second-order valence-electron chi connectivity index (χ2n) is 5.44. The Morgan fingerprint density at radius 1 is 1.00 bits per heavy atom. The number of hydrogen-bond donors (Lipinski definition) is 2. The molecule has 2 N–H and O–H groups in total. The Kier molecular flexibility index (Phi) is 6.32. The summed E-state index contributed by atoms with van der Waals surface area (Å²) in [5, 5.41) is 10.7. The number of carbonyl (C=O) groups is 2. The van der Waals surface area contributed by atoms with E-state index in [2.05, 4.69) is 20.6 Å². The van der Waals surface area contributed by atoms with Gasteiger partial charge in [0.05, 0.1) is 5.92 Å². The van der Waals surface area contributed by atoms with Gasteiger partial charge in [-0.05, 0) is 24.1 Å². The molecule has 6 nitrogen and oxygen atoms in total. The highest BCUT2D eigenvalue weighted by molar-refractivity contribution is 7.14. The van der Waals surface area contributed by atoms with Crippen molar-refractivity contribution in [3.8, 4) is 0 Å². The van der Waals surface area contributed by atoms with Gasteiger partial charge >= 0.3 is 0 Å². The van der Waals surface area contributed by atoms with Crippen LogP contribution in [0.5, 0.6) is 0 Å². The van der Waals surface area contributed by atoms with Gasteiger partial charge in [0.1, 0.15) is 0 Å². The fourth-order valence-corrected chi connectivity index (χ4v) is 3.54. The van der Waals surface area contributed by atoms with Gasteiger partial charge in [-0.3, -0.25) is 9.59 Å². The number of carbonyl (C=O) groups excluding carboxylic acids is 2. The predicted molar refractivity (Wildman–Crippen MR) is 105 cm³/mol. The molecule has 1 aromatic carbocycles. The van der Waals surface area contributed by atoms with Gasteiger partial charge in [0.25, 0.3) is 0 Å². The molecule has 0 aliphatic rings. The SMILES string of the molecule is O=C(C[C@@H](Cc1ccc(Cl)cc1)C(=O)Nc1nccs1)Nc1nccs1. The molecule has 0 fully saturated rings. The number of rotatable bonds is 7. The highest BCUT2D eigenvalue weighted by Crippen LogP contribution is 2.20. The first-order valence-corrected chi connectivity index (χ1v) is 9.88. The summed E-state index contributed by atoms with van der Waals surface area (Å²) in [5.74, 6) is -1.04. The number of amides is 2. The van der Waals surface area contributed by atoms with E-state index in [0.717, 1.165) is 5.56 Å². The number of hydrogen-bond acceptors (Lipinski definition) is 6. The topological polar surface area (TPSA) is 84.0 Å². The van der Waals surface area contributed by atoms with Crippen molar-refractivity contribution in [3.05, 3.63) is 58.0 Å². The van der Waals surface area contributed by atoms with Crippen molar-refractivity contribution < 1.29 is 9.59 Å². The lowest BCUT2D eigenvalue weighted by Gasteiger charge is -2.15. The summed E-state index contributed by atoms with van der Waals surface area (Å²) in [6.45, 7) is 0. The van der Waals surface area contributed by atoms with E-state index in [4.69, 9.17) is 11.6 Å². The summed E-state index contributed by atoms with van der Waals surface area (Å²) < 4.78 is 0. The third-order valence-corrected chi connectivity index (χ3v) is 5.17. The molecule has 0 unspecified atom stereocenters. The molecule has 2 heterocycles. The molecule has 0 saturated heterocycles. The third-order valence-electron chi connectivity index (χ3n) is 3.54. The lowest BCUT2D eigenvalue weighted by Crippen LogP contribution is -2.29. The minimum atomic E-state index is -0.542. The molecular formula is C17H15ClN4O2S2. The number of halogens is 1. The van der Waals surface area contributed by atoms with Crippen molar-refractivity contribution in [3.63, 3.8) is 0 Å². The van der Waals surface area contributed by atoms with Gasteiger partial charge in [-0.15, -0.1) is 22.7 Å². The smallest absolute Gasteiger partial charge is 0.230 e. The molecule has 134 valence electrons. The average Bonchev–Trinajstić information content (AvgIpc) is 3.30. The van der Waals surface area contributed by atoms with E-state index < -0.39 is 5.92 Å². The van der Waals surface area contributed by atoms with E-state index in [1.807, 2.05) is 12.1 Å². The van der Waals surface area contributed by atoms with E-state index in [0.29, 0.717) is 21.7 Å². The third kappa shape index (κ3) is 5.35. The number of benzene rings is 1. The first-order valence-electron chi connectivity index (χ1n) is 7.74. The van der Waals surface area contributed by atoms with Crippen molar-refractivity contribution in [2.24, 2.45) is 5.92 Å². The Morgan fingerprint density at radius 3 is 2.19 bits per heavy atom. The van der Waals surface area contributed by atoms with Crippen molar-refractivity contribution in [2.75, 3.05) is 10.6 Å². The Morgan fingerprint density at radius 2 is 1.62 bits per heavy atom. The number of thiazole rings is 2. The van der Waals surface area contributed by atoms with Crippen molar-refractivity contribution in [2.45, 2.75) is 12.8 Å². The standard InChI is InChI=1S/C17H15ClN4O2S2/c18-13-3-1-11(2-4-13)9-12(15(24)22-17-20-6-8-26-17)10-14(23)21-16-19-5-7-25-16/h1-8,12H,9-10H2,(H,19,21,23)(H,20,22,24)/t12-/m1/s1. The Labute approximate surface area is 163 Å². The maximum absolute atomic E-state index is 12.7. The van der Waals surface area contributed by atoms with Gasteiger partial charge in [-0.2, -0.15) is 0 Å². The summed E-state index contributed by atoms with van der Waals surface area (Å²) in [6, 6.07) is 7.24. The molecular weight excluding hydrogens is 392 g/mol. The first kappa shape index (κ1) is 18.5. The lowest BCUT2D eigenvalue weighted by molar-refractivity contribution is -0.124.